The van der Waals surface area contributed by atoms with E-state index in [1.54, 1.807) is 7.05 Å². The molecule has 60 valence electrons. The Balaban J connectivity index is 0.000000292. The number of nitrogens with zero attached hydrogens (tertiary/aromatic N) is 2. The molecule has 1 rings (SSSR count). The molecule has 6 heteroatoms. The molecule has 0 aliphatic rings. The van der Waals surface area contributed by atoms with Gasteiger partial charge in [-0.3, -0.25) is 8.75 Å². The minimum Gasteiger partial charge on any atom is -0.268 e. The molecule has 3 nitrogen and oxygen atoms in total. The maximum Gasteiger partial charge on any atom is 0.261 e. The van der Waals surface area contributed by atoms with E-state index in [4.69, 9.17) is 16.9 Å². The number of aryl methyl sites for hydroxylation is 1. The molecule has 0 unspecified atom stereocenters. The summed E-state index contributed by atoms with van der Waals surface area (Å²) in [7, 11) is 1.68. The van der Waals surface area contributed by atoms with Gasteiger partial charge >= 0.3 is 0 Å². The molecule has 0 aliphatic carbocycles. The van der Waals surface area contributed by atoms with Crippen LogP contribution >= 0.6 is 35.8 Å². The second kappa shape index (κ2) is 5.24. The van der Waals surface area contributed by atoms with Crippen molar-refractivity contribution in [2.45, 2.75) is 0 Å². The van der Waals surface area contributed by atoms with Gasteiger partial charge in [-0.1, -0.05) is 24.2 Å². The molecule has 0 saturated carbocycles. The van der Waals surface area contributed by atoms with Gasteiger partial charge in [0.05, 0.1) is 0 Å². The van der Waals surface area contributed by atoms with Crippen LogP contribution < -0.4 is 5.56 Å². The average Bonchev–Trinajstić information content (AvgIpc) is 2.12. The van der Waals surface area contributed by atoms with Crippen molar-refractivity contribution in [2.24, 2.45) is 7.05 Å². The normalized spacial score (nSPS) is 7.82. The molecule has 1 aromatic rings. The topological polar surface area (TPSA) is 45.8 Å². The van der Waals surface area contributed by atoms with Crippen molar-refractivity contribution >= 4 is 35.8 Å². The number of thiol groups is 1. The Morgan fingerprint density at radius 3 is 2.45 bits per heavy atom. The minimum atomic E-state index is -0.0417. The smallest absolute Gasteiger partial charge is 0.261 e. The quantitative estimate of drug-likeness (QED) is 0.519. The lowest BCUT2D eigenvalue weighted by Crippen LogP contribution is -2.05. The Bertz CT molecular complexity index is 311. The van der Waals surface area contributed by atoms with Crippen LogP contribution in [0.15, 0.2) is 10.9 Å². The van der Waals surface area contributed by atoms with Crippen LogP contribution in [0.25, 0.3) is 0 Å². The molecule has 0 saturated heterocycles. The molecule has 0 atom stereocenters. The Kier molecular flexibility index (Phi) is 5.03. The summed E-state index contributed by atoms with van der Waals surface area (Å²) in [4.78, 5) is 10.5. The molecule has 0 bridgehead atoms. The Morgan fingerprint density at radius 2 is 2.36 bits per heavy atom. The number of hydrogen-bond donors (Lipinski definition) is 1. The molecule has 0 amide bonds. The predicted octanol–water partition coefficient (Wildman–Crippen LogP) is 1.50. The van der Waals surface area contributed by atoms with Crippen LogP contribution in [-0.4, -0.2) is 3.96 Å². The second-order valence-electron chi connectivity index (χ2n) is 1.48. The number of thiocyanates is 1. The largest absolute Gasteiger partial charge is 0.268 e. The van der Waals surface area contributed by atoms with Gasteiger partial charge in [-0.25, -0.2) is 0 Å². The average molecular weight is 209 g/mol. The third kappa shape index (κ3) is 4.09. The van der Waals surface area contributed by atoms with Gasteiger partial charge < -0.3 is 0 Å². The summed E-state index contributed by atoms with van der Waals surface area (Å²) >= 11 is 9.80. The number of hydrogen-bond acceptors (Lipinski definition) is 4. The van der Waals surface area contributed by atoms with Crippen molar-refractivity contribution in [2.75, 3.05) is 0 Å². The Hall–Kier alpha value is -0.440. The van der Waals surface area contributed by atoms with Crippen molar-refractivity contribution in [1.29, 1.82) is 5.26 Å². The molecule has 1 aromatic heterocycles. The van der Waals surface area contributed by atoms with E-state index in [2.05, 4.69) is 12.6 Å². The fraction of sp³-hybridized carbons (Fsp3) is 0.200. The zero-order chi connectivity index (χ0) is 8.85. The first-order chi connectivity index (χ1) is 5.11. The van der Waals surface area contributed by atoms with E-state index in [0.29, 0.717) is 4.34 Å². The number of nitriles is 1. The van der Waals surface area contributed by atoms with Crippen LogP contribution in [0.4, 0.5) is 0 Å². The van der Waals surface area contributed by atoms with Crippen molar-refractivity contribution in [3.8, 4) is 5.40 Å². The first-order valence-electron chi connectivity index (χ1n) is 2.48. The number of aromatic nitrogens is 1. The molecule has 0 fully saturated rings. The van der Waals surface area contributed by atoms with Crippen LogP contribution in [0, 0.1) is 10.7 Å². The summed E-state index contributed by atoms with van der Waals surface area (Å²) in [6.07, 6.45) is 0. The van der Waals surface area contributed by atoms with Crippen molar-refractivity contribution in [1.82, 2.24) is 3.96 Å². The molecular weight excluding hydrogens is 204 g/mol. The van der Waals surface area contributed by atoms with Crippen molar-refractivity contribution in [3.63, 3.8) is 0 Å². The first-order valence-corrected chi connectivity index (χ1v) is 4.07. The van der Waals surface area contributed by atoms with E-state index in [0.717, 1.165) is 0 Å². The summed E-state index contributed by atoms with van der Waals surface area (Å²) in [6, 6.07) is 1.40. The second-order valence-corrected chi connectivity index (χ2v) is 3.48. The SMILES string of the molecule is Cn1sc(Cl)cc1=O.N#CS. The van der Waals surface area contributed by atoms with Gasteiger partial charge in [-0.05, 0) is 11.5 Å². The van der Waals surface area contributed by atoms with Crippen molar-refractivity contribution in [3.05, 3.63) is 20.8 Å². The molecule has 0 radical (unpaired) electrons. The lowest BCUT2D eigenvalue weighted by molar-refractivity contribution is 0.981. The first kappa shape index (κ1) is 10.6. The summed E-state index contributed by atoms with van der Waals surface area (Å²) in [5, 5.41) is 8.63. The maximum atomic E-state index is 10.5. The summed E-state index contributed by atoms with van der Waals surface area (Å²) in [5.41, 5.74) is -0.0417. The van der Waals surface area contributed by atoms with Crippen LogP contribution in [0.3, 0.4) is 0 Å². The van der Waals surface area contributed by atoms with Gasteiger partial charge in [-0.2, -0.15) is 5.26 Å². The fourth-order valence-electron chi connectivity index (χ4n) is 0.390. The van der Waals surface area contributed by atoms with Gasteiger partial charge in [-0.15, -0.1) is 0 Å². The predicted molar refractivity (Wildman–Crippen MR) is 49.2 cm³/mol. The lowest BCUT2D eigenvalue weighted by Gasteiger charge is -1.77. The Labute approximate surface area is 78.4 Å². The van der Waals surface area contributed by atoms with E-state index < -0.39 is 0 Å². The monoisotopic (exact) mass is 208 g/mol. The summed E-state index contributed by atoms with van der Waals surface area (Å²) in [5.74, 6) is 0. The van der Waals surface area contributed by atoms with E-state index in [9.17, 15) is 4.79 Å². The van der Waals surface area contributed by atoms with Crippen LogP contribution in [0.5, 0.6) is 0 Å². The Morgan fingerprint density at radius 1 is 1.91 bits per heavy atom. The highest BCUT2D eigenvalue weighted by Crippen LogP contribution is 2.09. The van der Waals surface area contributed by atoms with E-state index in [1.165, 1.54) is 27.0 Å². The van der Waals surface area contributed by atoms with Crippen LogP contribution in [0.2, 0.25) is 4.34 Å². The van der Waals surface area contributed by atoms with Gasteiger partial charge in [0.15, 0.2) is 0 Å². The molecule has 1 heterocycles. The molecular formula is C5H5ClN2OS2. The molecule has 0 spiro atoms. The van der Waals surface area contributed by atoms with Gasteiger partial charge in [0.1, 0.15) is 9.74 Å². The zero-order valence-electron chi connectivity index (χ0n) is 5.61. The van der Waals surface area contributed by atoms with Crippen LogP contribution in [0.1, 0.15) is 0 Å². The van der Waals surface area contributed by atoms with Crippen molar-refractivity contribution < 1.29 is 0 Å². The van der Waals surface area contributed by atoms with E-state index in [1.807, 2.05) is 0 Å². The highest BCUT2D eigenvalue weighted by Gasteiger charge is 1.93. The molecule has 0 aromatic carbocycles. The molecule has 11 heavy (non-hydrogen) atoms. The fourth-order valence-corrected chi connectivity index (χ4v) is 1.35. The highest BCUT2D eigenvalue weighted by atomic mass is 35.5. The number of halogens is 1. The zero-order valence-corrected chi connectivity index (χ0v) is 8.08. The van der Waals surface area contributed by atoms with E-state index >= 15 is 0 Å². The summed E-state index contributed by atoms with van der Waals surface area (Å²) in [6.45, 7) is 0. The third-order valence-electron chi connectivity index (χ3n) is 0.771. The van der Waals surface area contributed by atoms with Gasteiger partial charge in [0.2, 0.25) is 0 Å². The number of rotatable bonds is 0. The lowest BCUT2D eigenvalue weighted by atomic mass is 10.7. The van der Waals surface area contributed by atoms with Gasteiger partial charge in [0.25, 0.3) is 5.56 Å². The minimum absolute atomic E-state index is 0.0417. The summed E-state index contributed by atoms with van der Waals surface area (Å²) < 4.78 is 2.01. The highest BCUT2D eigenvalue weighted by molar-refractivity contribution is 7.85. The van der Waals surface area contributed by atoms with Crippen LogP contribution in [-0.2, 0) is 7.05 Å². The standard InChI is InChI=1S/C4H4ClNOS.CHNS/c1-6-4(7)2-3(5)8-6;2-1-3/h2H,1H3;3H. The molecule has 0 aliphatic heterocycles. The molecule has 0 N–H and O–H groups in total. The van der Waals surface area contributed by atoms with E-state index in [-0.39, 0.29) is 5.56 Å². The maximum absolute atomic E-state index is 10.5. The third-order valence-corrected chi connectivity index (χ3v) is 1.83. The van der Waals surface area contributed by atoms with Gasteiger partial charge in [0, 0.05) is 13.1 Å².